The van der Waals surface area contributed by atoms with E-state index >= 15 is 0 Å². The first-order chi connectivity index (χ1) is 14.8. The molecule has 0 bridgehead atoms. The summed E-state index contributed by atoms with van der Waals surface area (Å²) in [5.41, 5.74) is 2.52. The third-order valence-electron chi connectivity index (χ3n) is 6.82. The molecule has 0 radical (unpaired) electrons. The van der Waals surface area contributed by atoms with Gasteiger partial charge in [0.15, 0.2) is 0 Å². The highest BCUT2D eigenvalue weighted by Crippen LogP contribution is 2.46. The van der Waals surface area contributed by atoms with E-state index in [1.165, 1.54) is 30.4 Å². The van der Waals surface area contributed by atoms with E-state index in [1.807, 2.05) is 25.7 Å². The van der Waals surface area contributed by atoms with E-state index in [9.17, 15) is 9.59 Å². The molecule has 0 unspecified atom stereocenters. The molecule has 1 aliphatic heterocycles. The summed E-state index contributed by atoms with van der Waals surface area (Å²) in [6.45, 7) is 7.72. The first-order valence-corrected chi connectivity index (χ1v) is 11.7. The van der Waals surface area contributed by atoms with Crippen LogP contribution in [0, 0.1) is 5.92 Å². The van der Waals surface area contributed by atoms with Crippen LogP contribution >= 0.6 is 0 Å². The molecule has 3 aliphatic rings. The van der Waals surface area contributed by atoms with Gasteiger partial charge < -0.3 is 19.7 Å². The number of carbonyl (C=O) groups is 2. The van der Waals surface area contributed by atoms with E-state index < -0.39 is 17.7 Å². The van der Waals surface area contributed by atoms with Crippen molar-refractivity contribution in [2.75, 3.05) is 26.3 Å². The van der Waals surface area contributed by atoms with Crippen molar-refractivity contribution in [2.45, 2.75) is 76.4 Å². The normalized spacial score (nSPS) is 20.9. The second kappa shape index (κ2) is 8.81. The lowest BCUT2D eigenvalue weighted by Crippen LogP contribution is -2.54. The fourth-order valence-electron chi connectivity index (χ4n) is 4.92. The molecule has 2 fully saturated rings. The van der Waals surface area contributed by atoms with E-state index in [2.05, 4.69) is 29.6 Å². The zero-order valence-corrected chi connectivity index (χ0v) is 19.1. The molecule has 6 nitrogen and oxygen atoms in total. The summed E-state index contributed by atoms with van der Waals surface area (Å²) in [6, 6.07) is 8.03. The van der Waals surface area contributed by atoms with Crippen LogP contribution in [-0.2, 0) is 26.1 Å². The standard InChI is InChI=1S/C25H36N2O4/c1-24(2,3)31-23(29)26-21(17-30-16-18-8-9-18)22(28)27-14-12-25(13-15-27)11-10-19-6-4-5-7-20(19)25/h4-7,18,21H,8-17H2,1-3H3,(H,26,29)/t21-/m1/s1. The van der Waals surface area contributed by atoms with E-state index in [4.69, 9.17) is 9.47 Å². The summed E-state index contributed by atoms with van der Waals surface area (Å²) in [7, 11) is 0. The van der Waals surface area contributed by atoms with Gasteiger partial charge in [-0.1, -0.05) is 24.3 Å². The lowest BCUT2D eigenvalue weighted by molar-refractivity contribution is -0.136. The molecule has 1 aromatic rings. The van der Waals surface area contributed by atoms with Crippen LogP contribution in [0.5, 0.6) is 0 Å². The van der Waals surface area contributed by atoms with E-state index in [-0.39, 0.29) is 17.9 Å². The second-order valence-electron chi connectivity index (χ2n) is 10.4. The number of hydrogen-bond donors (Lipinski definition) is 1. The maximum atomic E-state index is 13.3. The Balaban J connectivity index is 1.37. The first-order valence-electron chi connectivity index (χ1n) is 11.7. The molecule has 1 N–H and O–H groups in total. The summed E-state index contributed by atoms with van der Waals surface area (Å²) in [5, 5.41) is 2.76. The summed E-state index contributed by atoms with van der Waals surface area (Å²) >= 11 is 0. The van der Waals surface area contributed by atoms with Crippen LogP contribution in [0.1, 0.15) is 64.0 Å². The van der Waals surface area contributed by atoms with Crippen LogP contribution < -0.4 is 5.32 Å². The molecule has 170 valence electrons. The van der Waals surface area contributed by atoms with Crippen LogP contribution in [0.25, 0.3) is 0 Å². The predicted molar refractivity (Wildman–Crippen MR) is 119 cm³/mol. The van der Waals surface area contributed by atoms with Gasteiger partial charge in [-0.15, -0.1) is 0 Å². The van der Waals surface area contributed by atoms with Gasteiger partial charge in [0.25, 0.3) is 0 Å². The van der Waals surface area contributed by atoms with Crippen molar-refractivity contribution in [3.05, 3.63) is 35.4 Å². The summed E-state index contributed by atoms with van der Waals surface area (Å²) < 4.78 is 11.2. The number of fused-ring (bicyclic) bond motifs is 2. The van der Waals surface area contributed by atoms with Crippen molar-refractivity contribution in [2.24, 2.45) is 5.92 Å². The van der Waals surface area contributed by atoms with Gasteiger partial charge in [0.1, 0.15) is 11.6 Å². The lowest BCUT2D eigenvalue weighted by atomic mass is 9.74. The zero-order chi connectivity index (χ0) is 22.1. The minimum absolute atomic E-state index is 0.0669. The molecule has 0 aromatic heterocycles. The maximum Gasteiger partial charge on any atom is 0.408 e. The van der Waals surface area contributed by atoms with Crippen LogP contribution in [-0.4, -0.2) is 54.8 Å². The van der Waals surface area contributed by atoms with Gasteiger partial charge in [-0.25, -0.2) is 4.79 Å². The summed E-state index contributed by atoms with van der Waals surface area (Å²) in [5.74, 6) is 0.539. The minimum atomic E-state index is -0.710. The number of carbonyl (C=O) groups excluding carboxylic acids is 2. The predicted octanol–water partition coefficient (Wildman–Crippen LogP) is 3.81. The summed E-state index contributed by atoms with van der Waals surface area (Å²) in [4.78, 5) is 27.6. The van der Waals surface area contributed by atoms with Gasteiger partial charge in [-0.2, -0.15) is 0 Å². The van der Waals surface area contributed by atoms with Crippen molar-refractivity contribution >= 4 is 12.0 Å². The average Bonchev–Trinajstić information content (AvgIpc) is 3.48. The highest BCUT2D eigenvalue weighted by Gasteiger charge is 2.42. The highest BCUT2D eigenvalue weighted by atomic mass is 16.6. The Bertz CT molecular complexity index is 804. The topological polar surface area (TPSA) is 67.9 Å². The Morgan fingerprint density at radius 1 is 1.16 bits per heavy atom. The average molecular weight is 429 g/mol. The number of benzene rings is 1. The summed E-state index contributed by atoms with van der Waals surface area (Å²) in [6.07, 6.45) is 6.04. The molecule has 1 saturated heterocycles. The molecule has 1 heterocycles. The van der Waals surface area contributed by atoms with Crippen LogP contribution in [0.15, 0.2) is 24.3 Å². The van der Waals surface area contributed by atoms with Crippen LogP contribution in [0.4, 0.5) is 4.79 Å². The van der Waals surface area contributed by atoms with E-state index in [1.54, 1.807) is 0 Å². The zero-order valence-electron chi connectivity index (χ0n) is 19.1. The minimum Gasteiger partial charge on any atom is -0.444 e. The van der Waals surface area contributed by atoms with Gasteiger partial charge in [-0.05, 0) is 81.8 Å². The van der Waals surface area contributed by atoms with Gasteiger partial charge in [0.05, 0.1) is 6.61 Å². The molecular weight excluding hydrogens is 392 g/mol. The number of amides is 2. The second-order valence-corrected chi connectivity index (χ2v) is 10.4. The Hall–Kier alpha value is -2.08. The monoisotopic (exact) mass is 428 g/mol. The molecule has 4 rings (SSSR count). The molecule has 1 atom stereocenters. The molecule has 1 aromatic carbocycles. The molecule has 1 saturated carbocycles. The molecule has 2 aliphatic carbocycles. The van der Waals surface area contributed by atoms with Crippen LogP contribution in [0.2, 0.25) is 0 Å². The maximum absolute atomic E-state index is 13.3. The number of nitrogens with one attached hydrogen (secondary N) is 1. The van der Waals surface area contributed by atoms with E-state index in [0.29, 0.717) is 25.6 Å². The highest BCUT2D eigenvalue weighted by molar-refractivity contribution is 5.86. The molecule has 31 heavy (non-hydrogen) atoms. The number of nitrogens with zero attached hydrogens (tertiary/aromatic N) is 1. The van der Waals surface area contributed by atoms with Gasteiger partial charge in [-0.3, -0.25) is 4.79 Å². The molecule has 2 amide bonds. The number of piperidine rings is 1. The number of aryl methyl sites for hydroxylation is 1. The molecule has 1 spiro atoms. The third-order valence-corrected chi connectivity index (χ3v) is 6.82. The third kappa shape index (κ3) is 5.40. The van der Waals surface area contributed by atoms with E-state index in [0.717, 1.165) is 19.3 Å². The molecule has 6 heteroatoms. The Morgan fingerprint density at radius 2 is 1.87 bits per heavy atom. The van der Waals surface area contributed by atoms with Gasteiger partial charge in [0, 0.05) is 19.7 Å². The first kappa shape index (κ1) is 22.1. The van der Waals surface area contributed by atoms with Crippen molar-refractivity contribution in [3.8, 4) is 0 Å². The Labute approximate surface area is 185 Å². The van der Waals surface area contributed by atoms with Crippen LogP contribution in [0.3, 0.4) is 0 Å². The SMILES string of the molecule is CC(C)(C)OC(=O)N[C@H](COCC1CC1)C(=O)N1CCC2(CCc3ccccc32)CC1. The number of hydrogen-bond acceptors (Lipinski definition) is 4. The van der Waals surface area contributed by atoms with Crippen molar-refractivity contribution in [3.63, 3.8) is 0 Å². The van der Waals surface area contributed by atoms with Crippen molar-refractivity contribution in [1.29, 1.82) is 0 Å². The number of rotatable bonds is 6. The van der Waals surface area contributed by atoms with Crippen molar-refractivity contribution < 1.29 is 19.1 Å². The quantitative estimate of drug-likeness (QED) is 0.748. The number of alkyl carbamates (subject to hydrolysis) is 1. The smallest absolute Gasteiger partial charge is 0.408 e. The van der Waals surface area contributed by atoms with Crippen molar-refractivity contribution in [1.82, 2.24) is 10.2 Å². The Morgan fingerprint density at radius 3 is 2.55 bits per heavy atom. The number of likely N-dealkylation sites (tertiary alicyclic amines) is 1. The largest absolute Gasteiger partial charge is 0.444 e. The molecular formula is C25H36N2O4. The number of ether oxygens (including phenoxy) is 2. The fraction of sp³-hybridized carbons (Fsp3) is 0.680. The van der Waals surface area contributed by atoms with Gasteiger partial charge >= 0.3 is 6.09 Å². The van der Waals surface area contributed by atoms with Gasteiger partial charge in [0.2, 0.25) is 5.91 Å². The lowest BCUT2D eigenvalue weighted by Gasteiger charge is -2.41. The fourth-order valence-corrected chi connectivity index (χ4v) is 4.92. The Kier molecular flexibility index (Phi) is 6.29.